The number of carbonyl (C=O) groups is 1. The monoisotopic (exact) mass is 308 g/mol. The van der Waals surface area contributed by atoms with Crippen LogP contribution < -0.4 is 5.32 Å². The highest BCUT2D eigenvalue weighted by molar-refractivity contribution is 7.09. The first-order valence-electron chi connectivity index (χ1n) is 7.42. The molecule has 0 atom stereocenters. The van der Waals surface area contributed by atoms with E-state index >= 15 is 0 Å². The van der Waals surface area contributed by atoms with Gasteiger partial charge in [0, 0.05) is 38.6 Å². The largest absolute Gasteiger partial charge is 0.356 e. The number of likely N-dealkylation sites (tertiary alicyclic amines) is 1. The molecule has 2 rings (SSSR count). The summed E-state index contributed by atoms with van der Waals surface area (Å²) >= 11 is 1.77. The van der Waals surface area contributed by atoms with E-state index in [1.807, 2.05) is 0 Å². The molecule has 0 saturated carbocycles. The van der Waals surface area contributed by atoms with Crippen molar-refractivity contribution in [1.29, 1.82) is 0 Å². The summed E-state index contributed by atoms with van der Waals surface area (Å²) in [4.78, 5) is 21.4. The van der Waals surface area contributed by atoms with Crippen LogP contribution in [0, 0.1) is 0 Å². The molecule has 1 aromatic heterocycles. The maximum Gasteiger partial charge on any atom is 0.243 e. The minimum atomic E-state index is 0.0340. The van der Waals surface area contributed by atoms with Crippen molar-refractivity contribution in [2.75, 3.05) is 40.3 Å². The number of carbonyl (C=O) groups excluding carboxylic acids is 1. The average molecular weight is 308 g/mol. The van der Waals surface area contributed by atoms with Crippen molar-refractivity contribution in [2.24, 2.45) is 4.99 Å². The molecule has 6 heteroatoms. The molecule has 1 aromatic rings. The van der Waals surface area contributed by atoms with Gasteiger partial charge in [0.15, 0.2) is 5.96 Å². The smallest absolute Gasteiger partial charge is 0.243 e. The van der Waals surface area contributed by atoms with E-state index in [4.69, 9.17) is 0 Å². The number of guanidine groups is 1. The van der Waals surface area contributed by atoms with Crippen molar-refractivity contribution < 1.29 is 4.79 Å². The van der Waals surface area contributed by atoms with Crippen molar-refractivity contribution in [3.63, 3.8) is 0 Å². The van der Waals surface area contributed by atoms with Gasteiger partial charge < -0.3 is 15.1 Å². The van der Waals surface area contributed by atoms with E-state index in [1.165, 1.54) is 17.7 Å². The zero-order valence-corrected chi connectivity index (χ0v) is 13.7. The first-order valence-corrected chi connectivity index (χ1v) is 8.30. The summed E-state index contributed by atoms with van der Waals surface area (Å²) < 4.78 is 0. The molecular weight excluding hydrogens is 284 g/mol. The van der Waals surface area contributed by atoms with E-state index in [0.29, 0.717) is 0 Å². The first-order chi connectivity index (χ1) is 10.2. The first kappa shape index (κ1) is 15.8. The van der Waals surface area contributed by atoms with Crippen LogP contribution in [0.2, 0.25) is 0 Å². The molecule has 1 fully saturated rings. The molecule has 0 spiro atoms. The molecule has 0 bridgehead atoms. The van der Waals surface area contributed by atoms with Gasteiger partial charge in [0.2, 0.25) is 5.91 Å². The second kappa shape index (κ2) is 8.02. The summed E-state index contributed by atoms with van der Waals surface area (Å²) in [5.74, 6) is 0.908. The van der Waals surface area contributed by atoms with Crippen molar-refractivity contribution in [3.8, 4) is 0 Å². The van der Waals surface area contributed by atoms with Gasteiger partial charge in [0.05, 0.1) is 0 Å². The second-order valence-corrected chi connectivity index (χ2v) is 6.41. The molecule has 1 N–H and O–H groups in total. The lowest BCUT2D eigenvalue weighted by Gasteiger charge is -2.21. The van der Waals surface area contributed by atoms with E-state index in [9.17, 15) is 4.79 Å². The van der Waals surface area contributed by atoms with E-state index < -0.39 is 0 Å². The molecule has 5 nitrogen and oxygen atoms in total. The number of thiophene rings is 1. The fraction of sp³-hybridized carbons (Fsp3) is 0.600. The van der Waals surface area contributed by atoms with Crippen LogP contribution in [0.3, 0.4) is 0 Å². The van der Waals surface area contributed by atoms with Crippen molar-refractivity contribution in [2.45, 2.75) is 19.3 Å². The number of amides is 1. The zero-order chi connectivity index (χ0) is 15.1. The number of nitrogens with one attached hydrogen (secondary N) is 1. The van der Waals surface area contributed by atoms with Gasteiger partial charge in [-0.1, -0.05) is 6.07 Å². The third-order valence-corrected chi connectivity index (χ3v) is 4.44. The summed E-state index contributed by atoms with van der Waals surface area (Å²) in [7, 11) is 3.52. The fourth-order valence-corrected chi connectivity index (χ4v) is 2.94. The minimum Gasteiger partial charge on any atom is -0.356 e. The molecule has 2 heterocycles. The topological polar surface area (TPSA) is 47.9 Å². The van der Waals surface area contributed by atoms with Crippen LogP contribution >= 0.6 is 11.3 Å². The highest BCUT2D eigenvalue weighted by Gasteiger charge is 2.16. The minimum absolute atomic E-state index is 0.0340. The Balaban J connectivity index is 1.88. The quantitative estimate of drug-likeness (QED) is 0.661. The molecular formula is C15H24N4OS. The van der Waals surface area contributed by atoms with Crippen LogP contribution in [0.15, 0.2) is 22.5 Å². The molecule has 1 amide bonds. The molecule has 1 aliphatic rings. The van der Waals surface area contributed by atoms with Crippen molar-refractivity contribution in [1.82, 2.24) is 15.1 Å². The van der Waals surface area contributed by atoms with Gasteiger partial charge in [-0.05, 0) is 30.7 Å². The lowest BCUT2D eigenvalue weighted by molar-refractivity contribution is -0.127. The maximum atomic E-state index is 11.7. The highest BCUT2D eigenvalue weighted by Crippen LogP contribution is 2.10. The van der Waals surface area contributed by atoms with E-state index in [-0.39, 0.29) is 12.5 Å². The maximum absolute atomic E-state index is 11.7. The summed E-state index contributed by atoms with van der Waals surface area (Å²) in [6, 6.07) is 4.22. The summed E-state index contributed by atoms with van der Waals surface area (Å²) in [5, 5.41) is 5.50. The standard InChI is InChI=1S/C15H24N4OS/c1-18(2)14(20)12-17-15(19-9-3-4-10-19)16-8-7-13-6-5-11-21-13/h5-6,11H,3-4,7-10,12H2,1-2H3,(H,16,17). The van der Waals surface area contributed by atoms with Gasteiger partial charge >= 0.3 is 0 Å². The van der Waals surface area contributed by atoms with Crippen LogP contribution in [0.5, 0.6) is 0 Å². The lowest BCUT2D eigenvalue weighted by Crippen LogP contribution is -2.41. The molecule has 0 aliphatic carbocycles. The Labute approximate surface area is 130 Å². The molecule has 1 aliphatic heterocycles. The Bertz CT molecular complexity index is 464. The third-order valence-electron chi connectivity index (χ3n) is 3.50. The fourth-order valence-electron chi connectivity index (χ4n) is 2.23. The van der Waals surface area contributed by atoms with E-state index in [0.717, 1.165) is 32.0 Å². The Kier molecular flexibility index (Phi) is 6.04. The molecule has 0 unspecified atom stereocenters. The highest BCUT2D eigenvalue weighted by atomic mass is 32.1. The molecule has 0 aromatic carbocycles. The van der Waals surface area contributed by atoms with Crippen LogP contribution in [0.1, 0.15) is 17.7 Å². The normalized spacial score (nSPS) is 15.3. The van der Waals surface area contributed by atoms with Gasteiger partial charge in [-0.3, -0.25) is 4.79 Å². The van der Waals surface area contributed by atoms with Gasteiger partial charge in [0.1, 0.15) is 6.54 Å². The zero-order valence-electron chi connectivity index (χ0n) is 12.8. The third kappa shape index (κ3) is 5.04. The van der Waals surface area contributed by atoms with Crippen LogP contribution in [-0.2, 0) is 11.2 Å². The average Bonchev–Trinajstić information content (AvgIpc) is 3.14. The Hall–Kier alpha value is -1.56. The predicted octanol–water partition coefficient (Wildman–Crippen LogP) is 1.42. The van der Waals surface area contributed by atoms with Gasteiger partial charge in [-0.25, -0.2) is 4.99 Å². The molecule has 1 saturated heterocycles. The second-order valence-electron chi connectivity index (χ2n) is 5.38. The molecule has 0 radical (unpaired) electrons. The molecule has 116 valence electrons. The van der Waals surface area contributed by atoms with Crippen LogP contribution in [-0.4, -0.2) is 61.9 Å². The number of aliphatic imine (C=N–C) groups is 1. The predicted molar refractivity (Wildman–Crippen MR) is 87.8 cm³/mol. The Morgan fingerprint density at radius 2 is 2.19 bits per heavy atom. The van der Waals surface area contributed by atoms with Gasteiger partial charge in [0.25, 0.3) is 0 Å². The lowest BCUT2D eigenvalue weighted by atomic mass is 10.3. The number of hydrogen-bond donors (Lipinski definition) is 1. The summed E-state index contributed by atoms with van der Waals surface area (Å²) in [6.07, 6.45) is 3.40. The van der Waals surface area contributed by atoms with Gasteiger partial charge in [-0.2, -0.15) is 0 Å². The number of rotatable bonds is 5. The number of nitrogens with zero attached hydrogens (tertiary/aromatic N) is 3. The Morgan fingerprint density at radius 1 is 1.43 bits per heavy atom. The summed E-state index contributed by atoms with van der Waals surface area (Å²) in [5.41, 5.74) is 0. The number of likely N-dealkylation sites (N-methyl/N-ethyl adjacent to an activating group) is 1. The SMILES string of the molecule is CN(C)C(=O)CN=C(NCCc1cccs1)N1CCCC1. The Morgan fingerprint density at radius 3 is 2.81 bits per heavy atom. The number of hydrogen-bond acceptors (Lipinski definition) is 3. The molecule has 21 heavy (non-hydrogen) atoms. The summed E-state index contributed by atoms with van der Waals surface area (Å²) in [6.45, 7) is 3.12. The van der Waals surface area contributed by atoms with E-state index in [2.05, 4.69) is 32.7 Å². The van der Waals surface area contributed by atoms with Gasteiger partial charge in [-0.15, -0.1) is 11.3 Å². The van der Waals surface area contributed by atoms with Crippen molar-refractivity contribution in [3.05, 3.63) is 22.4 Å². The van der Waals surface area contributed by atoms with E-state index in [1.54, 1.807) is 30.3 Å². The van der Waals surface area contributed by atoms with Crippen molar-refractivity contribution >= 4 is 23.2 Å². The van der Waals surface area contributed by atoms with Crippen LogP contribution in [0.4, 0.5) is 0 Å². The van der Waals surface area contributed by atoms with Crippen LogP contribution in [0.25, 0.3) is 0 Å².